The highest BCUT2D eigenvalue weighted by Crippen LogP contribution is 2.27. The summed E-state index contributed by atoms with van der Waals surface area (Å²) in [6, 6.07) is 12.5. The quantitative estimate of drug-likeness (QED) is 0.497. The van der Waals surface area contributed by atoms with Crippen LogP contribution in [0.4, 0.5) is 11.4 Å². The molecule has 2 amide bonds. The number of ether oxygens (including phenoxy) is 1. The van der Waals surface area contributed by atoms with Gasteiger partial charge in [0.25, 0.3) is 0 Å². The van der Waals surface area contributed by atoms with Crippen molar-refractivity contribution in [1.82, 2.24) is 0 Å². The van der Waals surface area contributed by atoms with E-state index >= 15 is 0 Å². The van der Waals surface area contributed by atoms with E-state index in [0.717, 1.165) is 36.1 Å². The molecule has 2 aromatic rings. The highest BCUT2D eigenvalue weighted by atomic mass is 16.5. The third kappa shape index (κ3) is 5.72. The van der Waals surface area contributed by atoms with E-state index in [9.17, 15) is 14.4 Å². The Kier molecular flexibility index (Phi) is 7.45. The van der Waals surface area contributed by atoms with Gasteiger partial charge < -0.3 is 15.0 Å². The van der Waals surface area contributed by atoms with Crippen molar-refractivity contribution in [3.8, 4) is 0 Å². The van der Waals surface area contributed by atoms with Gasteiger partial charge in [-0.1, -0.05) is 25.8 Å². The topological polar surface area (TPSA) is 75.7 Å². The van der Waals surface area contributed by atoms with Crippen molar-refractivity contribution in [2.45, 2.75) is 46.5 Å². The SMILES string of the molecule is CCCCCOC(=O)c1ccc(NC(=O)[C@@H]2CC(=O)N(c3ccc(C)c(C)c3)C2)cc1. The normalized spacial score (nSPS) is 15.8. The molecule has 0 unspecified atom stereocenters. The molecule has 164 valence electrons. The lowest BCUT2D eigenvalue weighted by Crippen LogP contribution is -2.28. The number of amides is 2. The van der Waals surface area contributed by atoms with Gasteiger partial charge in [0.1, 0.15) is 0 Å². The van der Waals surface area contributed by atoms with Gasteiger partial charge in [-0.15, -0.1) is 0 Å². The van der Waals surface area contributed by atoms with Gasteiger partial charge in [-0.05, 0) is 67.8 Å². The van der Waals surface area contributed by atoms with Crippen LogP contribution in [0.1, 0.15) is 54.1 Å². The average molecular weight is 423 g/mol. The van der Waals surface area contributed by atoms with Crippen molar-refractivity contribution in [1.29, 1.82) is 0 Å². The number of hydrogen-bond acceptors (Lipinski definition) is 4. The van der Waals surface area contributed by atoms with Crippen LogP contribution in [-0.4, -0.2) is 30.9 Å². The van der Waals surface area contributed by atoms with Crippen LogP contribution in [0, 0.1) is 19.8 Å². The molecular weight excluding hydrogens is 392 g/mol. The van der Waals surface area contributed by atoms with Gasteiger partial charge >= 0.3 is 5.97 Å². The van der Waals surface area contributed by atoms with Crippen LogP contribution < -0.4 is 10.2 Å². The summed E-state index contributed by atoms with van der Waals surface area (Å²) < 4.78 is 5.24. The summed E-state index contributed by atoms with van der Waals surface area (Å²) in [4.78, 5) is 38.9. The Hall–Kier alpha value is -3.15. The van der Waals surface area contributed by atoms with E-state index in [4.69, 9.17) is 4.74 Å². The number of rotatable bonds is 8. The summed E-state index contributed by atoms with van der Waals surface area (Å²) in [7, 11) is 0. The minimum atomic E-state index is -0.419. The number of anilines is 2. The zero-order chi connectivity index (χ0) is 22.4. The molecule has 1 aliphatic heterocycles. The Morgan fingerprint density at radius 3 is 2.48 bits per heavy atom. The number of unbranched alkanes of at least 4 members (excludes halogenated alkanes) is 2. The lowest BCUT2D eigenvalue weighted by molar-refractivity contribution is -0.122. The summed E-state index contributed by atoms with van der Waals surface area (Å²) in [5.41, 5.74) is 4.14. The summed E-state index contributed by atoms with van der Waals surface area (Å²) in [5.74, 6) is -1.03. The Balaban J connectivity index is 1.56. The summed E-state index contributed by atoms with van der Waals surface area (Å²) in [6.45, 7) is 6.90. The van der Waals surface area contributed by atoms with Gasteiger partial charge in [0, 0.05) is 24.3 Å². The van der Waals surface area contributed by atoms with Crippen LogP contribution in [0.3, 0.4) is 0 Å². The molecule has 0 aromatic heterocycles. The molecule has 6 nitrogen and oxygen atoms in total. The van der Waals surface area contributed by atoms with Gasteiger partial charge in [0.2, 0.25) is 11.8 Å². The van der Waals surface area contributed by atoms with Crippen LogP contribution in [0.25, 0.3) is 0 Å². The van der Waals surface area contributed by atoms with Crippen LogP contribution in [0.15, 0.2) is 42.5 Å². The monoisotopic (exact) mass is 422 g/mol. The standard InChI is InChI=1S/C25H30N2O4/c1-4-5-6-13-31-25(30)19-8-10-21(11-9-19)26-24(29)20-15-23(28)27(16-20)22-12-7-17(2)18(3)14-22/h7-12,14,20H,4-6,13,15-16H2,1-3H3,(H,26,29)/t20-/m1/s1. The second kappa shape index (κ2) is 10.2. The number of esters is 1. The smallest absolute Gasteiger partial charge is 0.338 e. The van der Waals surface area contributed by atoms with E-state index in [1.807, 2.05) is 32.0 Å². The molecule has 1 aliphatic rings. The minimum Gasteiger partial charge on any atom is -0.462 e. The fourth-order valence-corrected chi connectivity index (χ4v) is 3.56. The molecule has 0 aliphatic carbocycles. The Labute approximate surface area is 183 Å². The summed E-state index contributed by atoms with van der Waals surface area (Å²) in [6.07, 6.45) is 3.14. The molecule has 6 heteroatoms. The molecule has 3 rings (SSSR count). The third-order valence-corrected chi connectivity index (χ3v) is 5.67. The Morgan fingerprint density at radius 1 is 1.06 bits per heavy atom. The van der Waals surface area contributed by atoms with Crippen molar-refractivity contribution >= 4 is 29.2 Å². The molecular formula is C25H30N2O4. The molecule has 1 heterocycles. The highest BCUT2D eigenvalue weighted by molar-refractivity contribution is 6.03. The first kappa shape index (κ1) is 22.5. The van der Waals surface area contributed by atoms with Gasteiger partial charge in [-0.25, -0.2) is 4.79 Å². The second-order valence-corrected chi connectivity index (χ2v) is 8.08. The second-order valence-electron chi connectivity index (χ2n) is 8.08. The maximum Gasteiger partial charge on any atom is 0.338 e. The van der Waals surface area contributed by atoms with Crippen molar-refractivity contribution in [2.75, 3.05) is 23.4 Å². The first-order chi connectivity index (χ1) is 14.9. The van der Waals surface area contributed by atoms with E-state index in [0.29, 0.717) is 24.4 Å². The molecule has 0 saturated carbocycles. The number of nitrogens with zero attached hydrogens (tertiary/aromatic N) is 1. The number of carbonyl (C=O) groups is 3. The highest BCUT2D eigenvalue weighted by Gasteiger charge is 2.35. The number of aryl methyl sites for hydroxylation is 2. The lowest BCUT2D eigenvalue weighted by Gasteiger charge is -2.18. The maximum absolute atomic E-state index is 12.7. The zero-order valence-corrected chi connectivity index (χ0v) is 18.4. The fraction of sp³-hybridized carbons (Fsp3) is 0.400. The number of carbonyl (C=O) groups excluding carboxylic acids is 3. The first-order valence-corrected chi connectivity index (χ1v) is 10.8. The molecule has 1 atom stereocenters. The van der Waals surface area contributed by atoms with Crippen molar-refractivity contribution < 1.29 is 19.1 Å². The molecule has 1 fully saturated rings. The van der Waals surface area contributed by atoms with E-state index in [-0.39, 0.29) is 24.2 Å². The molecule has 2 aromatic carbocycles. The minimum absolute atomic E-state index is 0.0513. The van der Waals surface area contributed by atoms with E-state index in [1.165, 1.54) is 0 Å². The largest absolute Gasteiger partial charge is 0.462 e. The van der Waals surface area contributed by atoms with Gasteiger partial charge in [-0.3, -0.25) is 9.59 Å². The summed E-state index contributed by atoms with van der Waals surface area (Å²) >= 11 is 0. The lowest BCUT2D eigenvalue weighted by atomic mass is 10.1. The predicted octanol–water partition coefficient (Wildman–Crippen LogP) is 4.64. The van der Waals surface area contributed by atoms with Gasteiger partial charge in [0.15, 0.2) is 0 Å². The third-order valence-electron chi connectivity index (χ3n) is 5.67. The molecule has 0 bridgehead atoms. The molecule has 1 N–H and O–H groups in total. The predicted molar refractivity (Wildman–Crippen MR) is 121 cm³/mol. The zero-order valence-electron chi connectivity index (χ0n) is 18.4. The maximum atomic E-state index is 12.7. The van der Waals surface area contributed by atoms with Crippen LogP contribution in [0.5, 0.6) is 0 Å². The van der Waals surface area contributed by atoms with Crippen LogP contribution in [-0.2, 0) is 14.3 Å². The van der Waals surface area contributed by atoms with Crippen molar-refractivity contribution in [3.63, 3.8) is 0 Å². The van der Waals surface area contributed by atoms with Gasteiger partial charge in [0.05, 0.1) is 18.1 Å². The number of nitrogens with one attached hydrogen (secondary N) is 1. The Morgan fingerprint density at radius 2 is 1.81 bits per heavy atom. The van der Waals surface area contributed by atoms with Crippen LogP contribution >= 0.6 is 0 Å². The van der Waals surface area contributed by atoms with Crippen molar-refractivity contribution in [3.05, 3.63) is 59.2 Å². The van der Waals surface area contributed by atoms with Crippen molar-refractivity contribution in [2.24, 2.45) is 5.92 Å². The molecule has 31 heavy (non-hydrogen) atoms. The van der Waals surface area contributed by atoms with E-state index in [1.54, 1.807) is 29.2 Å². The van der Waals surface area contributed by atoms with E-state index in [2.05, 4.69) is 12.2 Å². The Bertz CT molecular complexity index is 952. The molecule has 0 radical (unpaired) electrons. The fourth-order valence-electron chi connectivity index (χ4n) is 3.56. The van der Waals surface area contributed by atoms with Gasteiger partial charge in [-0.2, -0.15) is 0 Å². The number of benzene rings is 2. The molecule has 1 saturated heterocycles. The first-order valence-electron chi connectivity index (χ1n) is 10.8. The van der Waals surface area contributed by atoms with E-state index < -0.39 is 5.92 Å². The number of hydrogen-bond donors (Lipinski definition) is 1. The summed E-state index contributed by atoms with van der Waals surface area (Å²) in [5, 5.41) is 2.85. The molecule has 0 spiro atoms. The van der Waals surface area contributed by atoms with Crippen LogP contribution in [0.2, 0.25) is 0 Å². The average Bonchev–Trinajstić information content (AvgIpc) is 3.15.